The quantitative estimate of drug-likeness (QED) is 0.514. The van der Waals surface area contributed by atoms with Crippen LogP contribution in [0.15, 0.2) is 54.7 Å². The highest BCUT2D eigenvalue weighted by molar-refractivity contribution is 5.90. The van der Waals surface area contributed by atoms with Gasteiger partial charge in [0.15, 0.2) is 11.5 Å². The topological polar surface area (TPSA) is 98.3 Å². The van der Waals surface area contributed by atoms with E-state index in [1.165, 1.54) is 12.3 Å². The normalized spacial score (nSPS) is 18.3. The van der Waals surface area contributed by atoms with Crippen molar-refractivity contribution in [3.05, 3.63) is 82.8 Å². The van der Waals surface area contributed by atoms with Crippen LogP contribution >= 0.6 is 0 Å². The van der Waals surface area contributed by atoms with Crippen LogP contribution in [0.4, 0.5) is 19.0 Å². The van der Waals surface area contributed by atoms with Gasteiger partial charge in [0.25, 0.3) is 0 Å². The van der Waals surface area contributed by atoms with Gasteiger partial charge in [-0.25, -0.2) is 14.8 Å². The molecule has 0 spiro atoms. The average molecular weight is 457 g/mol. The van der Waals surface area contributed by atoms with E-state index in [0.717, 1.165) is 24.1 Å². The van der Waals surface area contributed by atoms with Crippen molar-refractivity contribution in [2.75, 3.05) is 5.73 Å². The van der Waals surface area contributed by atoms with Crippen LogP contribution in [0.25, 0.3) is 0 Å². The number of aromatic nitrogens is 2. The lowest BCUT2D eigenvalue weighted by Gasteiger charge is -2.24. The van der Waals surface area contributed by atoms with E-state index in [1.54, 1.807) is 0 Å². The number of halogens is 3. The van der Waals surface area contributed by atoms with Crippen LogP contribution in [0.2, 0.25) is 0 Å². The van der Waals surface area contributed by atoms with Crippen LogP contribution < -0.4 is 10.5 Å². The number of ether oxygens (including phenoxy) is 1. The van der Waals surface area contributed by atoms with E-state index < -0.39 is 17.7 Å². The number of nitrogens with two attached hydrogens (primary N) is 1. The van der Waals surface area contributed by atoms with Gasteiger partial charge in [-0.05, 0) is 48.1 Å². The summed E-state index contributed by atoms with van der Waals surface area (Å²) < 4.78 is 46.5. The molecule has 0 bridgehead atoms. The van der Waals surface area contributed by atoms with E-state index >= 15 is 0 Å². The number of aromatic carboxylic acids is 1. The maximum Gasteiger partial charge on any atom is 0.416 e. The number of nitrogen functional groups attached to an aromatic ring is 1. The number of carboxylic acid groups (broad SMARTS) is 1. The summed E-state index contributed by atoms with van der Waals surface area (Å²) >= 11 is 0. The van der Waals surface area contributed by atoms with Crippen molar-refractivity contribution in [2.45, 2.75) is 43.9 Å². The highest BCUT2D eigenvalue weighted by Gasteiger charge is 2.37. The summed E-state index contributed by atoms with van der Waals surface area (Å²) in [6.45, 7) is 0.210. The van der Waals surface area contributed by atoms with Crippen LogP contribution in [-0.4, -0.2) is 21.0 Å². The number of rotatable bonds is 6. The lowest BCUT2D eigenvalue weighted by Crippen LogP contribution is -2.15. The fraction of sp³-hybridized carbons (Fsp3) is 0.292. The number of carboxylic acids is 1. The van der Waals surface area contributed by atoms with Crippen molar-refractivity contribution in [1.82, 2.24) is 9.97 Å². The molecule has 172 valence electrons. The molecular formula is C24H22F3N3O3. The van der Waals surface area contributed by atoms with Gasteiger partial charge in [0, 0.05) is 5.92 Å². The number of hydrogen-bond acceptors (Lipinski definition) is 5. The molecule has 6 nitrogen and oxygen atoms in total. The van der Waals surface area contributed by atoms with Gasteiger partial charge in [-0.1, -0.05) is 36.8 Å². The van der Waals surface area contributed by atoms with Crippen molar-refractivity contribution >= 4 is 11.8 Å². The van der Waals surface area contributed by atoms with Gasteiger partial charge in [0.1, 0.15) is 12.4 Å². The van der Waals surface area contributed by atoms with Gasteiger partial charge >= 0.3 is 12.1 Å². The van der Waals surface area contributed by atoms with Crippen molar-refractivity contribution < 1.29 is 27.8 Å². The zero-order valence-electron chi connectivity index (χ0n) is 17.5. The van der Waals surface area contributed by atoms with Gasteiger partial charge in [0.05, 0.1) is 17.5 Å². The molecule has 0 saturated heterocycles. The molecule has 1 heterocycles. The van der Waals surface area contributed by atoms with E-state index in [1.807, 2.05) is 30.3 Å². The highest BCUT2D eigenvalue weighted by atomic mass is 19.4. The van der Waals surface area contributed by atoms with Gasteiger partial charge < -0.3 is 15.6 Å². The molecule has 1 aliphatic carbocycles. The van der Waals surface area contributed by atoms with Crippen LogP contribution in [0.3, 0.4) is 0 Å². The minimum absolute atomic E-state index is 0.202. The first kappa shape index (κ1) is 22.6. The SMILES string of the molecule is Nc1ncc(C2CCCC2c2cc(C(F)(F)F)ccc2OCc2ccccc2)nc1C(=O)O. The monoisotopic (exact) mass is 457 g/mol. The Morgan fingerprint density at radius 1 is 1.12 bits per heavy atom. The summed E-state index contributed by atoms with van der Waals surface area (Å²) in [6.07, 6.45) is -1.10. The molecule has 0 amide bonds. The molecule has 33 heavy (non-hydrogen) atoms. The Morgan fingerprint density at radius 3 is 2.55 bits per heavy atom. The zero-order valence-corrected chi connectivity index (χ0v) is 17.5. The Balaban J connectivity index is 1.71. The Kier molecular flexibility index (Phi) is 6.22. The molecule has 1 aromatic heterocycles. The molecular weight excluding hydrogens is 435 g/mol. The first-order valence-electron chi connectivity index (χ1n) is 10.5. The molecule has 0 radical (unpaired) electrons. The van der Waals surface area contributed by atoms with Crippen LogP contribution in [0.5, 0.6) is 5.75 Å². The average Bonchev–Trinajstić information content (AvgIpc) is 3.27. The first-order chi connectivity index (χ1) is 15.7. The Labute approximate surface area is 188 Å². The first-order valence-corrected chi connectivity index (χ1v) is 10.5. The van der Waals surface area contributed by atoms with Crippen LogP contribution in [0.1, 0.15) is 64.0 Å². The van der Waals surface area contributed by atoms with Crippen molar-refractivity contribution in [3.8, 4) is 5.75 Å². The maximum absolute atomic E-state index is 13.5. The van der Waals surface area contributed by atoms with E-state index in [4.69, 9.17) is 10.5 Å². The summed E-state index contributed by atoms with van der Waals surface area (Å²) in [5, 5.41) is 9.34. The third kappa shape index (κ3) is 4.92. The molecule has 1 fully saturated rings. The molecule has 2 aromatic carbocycles. The van der Waals surface area contributed by atoms with Crippen molar-refractivity contribution in [3.63, 3.8) is 0 Å². The molecule has 9 heteroatoms. The predicted molar refractivity (Wildman–Crippen MR) is 115 cm³/mol. The van der Waals surface area contributed by atoms with Crippen molar-refractivity contribution in [1.29, 1.82) is 0 Å². The minimum atomic E-state index is -4.50. The number of benzene rings is 2. The summed E-state index contributed by atoms with van der Waals surface area (Å²) in [7, 11) is 0. The molecule has 3 N–H and O–H groups in total. The summed E-state index contributed by atoms with van der Waals surface area (Å²) in [4.78, 5) is 19.6. The third-order valence-corrected chi connectivity index (χ3v) is 5.89. The van der Waals surface area contributed by atoms with Gasteiger partial charge in [-0.2, -0.15) is 13.2 Å². The smallest absolute Gasteiger partial charge is 0.416 e. The Bertz CT molecular complexity index is 1150. The molecule has 2 atom stereocenters. The van der Waals surface area contributed by atoms with Crippen LogP contribution in [0, 0.1) is 0 Å². The van der Waals surface area contributed by atoms with Gasteiger partial charge in [-0.3, -0.25) is 0 Å². The second-order valence-electron chi connectivity index (χ2n) is 8.00. The summed E-state index contributed by atoms with van der Waals surface area (Å²) in [5.41, 5.74) is 6.22. The summed E-state index contributed by atoms with van der Waals surface area (Å²) in [5.74, 6) is -1.78. The summed E-state index contributed by atoms with van der Waals surface area (Å²) in [6, 6.07) is 12.8. The minimum Gasteiger partial charge on any atom is -0.489 e. The van der Waals surface area contributed by atoms with Crippen molar-refractivity contribution in [2.24, 2.45) is 0 Å². The number of anilines is 1. The second-order valence-corrected chi connectivity index (χ2v) is 8.00. The zero-order chi connectivity index (χ0) is 23.6. The fourth-order valence-electron chi connectivity index (χ4n) is 4.32. The standard InChI is InChI=1S/C24H22F3N3O3/c25-24(26,27)15-9-10-20(33-13-14-5-2-1-3-6-14)18(11-15)16-7-4-8-17(16)19-12-29-22(28)21(30-19)23(31)32/h1-3,5-6,9-12,16-17H,4,7-8,13H2,(H2,28,29)(H,31,32). The Morgan fingerprint density at radius 2 is 1.85 bits per heavy atom. The molecule has 4 rings (SSSR count). The van der Waals surface area contributed by atoms with E-state index in [2.05, 4.69) is 9.97 Å². The molecule has 1 saturated carbocycles. The molecule has 2 unspecified atom stereocenters. The van der Waals surface area contributed by atoms with Crippen LogP contribution in [-0.2, 0) is 12.8 Å². The molecule has 0 aliphatic heterocycles. The molecule has 1 aliphatic rings. The van der Waals surface area contributed by atoms with E-state index in [9.17, 15) is 23.1 Å². The third-order valence-electron chi connectivity index (χ3n) is 5.89. The number of carbonyl (C=O) groups is 1. The maximum atomic E-state index is 13.5. The van der Waals surface area contributed by atoms with Gasteiger partial charge in [-0.15, -0.1) is 0 Å². The number of alkyl halides is 3. The lowest BCUT2D eigenvalue weighted by molar-refractivity contribution is -0.137. The molecule has 3 aromatic rings. The Hall–Kier alpha value is -3.62. The lowest BCUT2D eigenvalue weighted by atomic mass is 9.85. The second kappa shape index (κ2) is 9.09. The predicted octanol–water partition coefficient (Wildman–Crippen LogP) is 5.41. The number of hydrogen-bond donors (Lipinski definition) is 2. The fourth-order valence-corrected chi connectivity index (χ4v) is 4.32. The number of nitrogens with zero attached hydrogens (tertiary/aromatic N) is 2. The van der Waals surface area contributed by atoms with E-state index in [0.29, 0.717) is 29.8 Å². The largest absolute Gasteiger partial charge is 0.489 e. The highest BCUT2D eigenvalue weighted by Crippen LogP contribution is 2.49. The van der Waals surface area contributed by atoms with E-state index in [-0.39, 0.29) is 30.0 Å². The van der Waals surface area contributed by atoms with Gasteiger partial charge in [0.2, 0.25) is 0 Å².